The number of ether oxygens (including phenoxy) is 3. The van der Waals surface area contributed by atoms with Gasteiger partial charge in [0.1, 0.15) is 5.00 Å². The Morgan fingerprint density at radius 1 is 1.24 bits per heavy atom. The fourth-order valence-corrected chi connectivity index (χ4v) is 5.44. The molecule has 3 rings (SSSR count). The van der Waals surface area contributed by atoms with Gasteiger partial charge in [0.2, 0.25) is 0 Å². The number of halogens is 2. The van der Waals surface area contributed by atoms with E-state index in [-0.39, 0.29) is 22.5 Å². The normalized spacial score (nSPS) is 15.7. The zero-order valence-corrected chi connectivity index (χ0v) is 20.2. The van der Waals surface area contributed by atoms with Gasteiger partial charge in [-0.25, -0.2) is 4.79 Å². The number of hydrogen-bond donors (Lipinski definition) is 1. The van der Waals surface area contributed by atoms with Gasteiger partial charge in [0.05, 0.1) is 19.8 Å². The lowest BCUT2D eigenvalue weighted by Crippen LogP contribution is -2.28. The Kier molecular flexibility index (Phi) is 7.62. The summed E-state index contributed by atoms with van der Waals surface area (Å²) in [5.74, 6) is -0.670. The van der Waals surface area contributed by atoms with E-state index in [0.717, 1.165) is 36.1 Å². The number of fused-ring (bicyclic) bond motifs is 1. The molecule has 33 heavy (non-hydrogen) atoms. The Balaban J connectivity index is 1.91. The summed E-state index contributed by atoms with van der Waals surface area (Å²) >= 11 is 1.39. The van der Waals surface area contributed by atoms with Crippen molar-refractivity contribution in [1.82, 2.24) is 0 Å². The maximum Gasteiger partial charge on any atom is 0.387 e. The number of carbonyl (C=O) groups excluding carboxylic acids is 2. The monoisotopic (exact) mass is 481 g/mol. The van der Waals surface area contributed by atoms with Gasteiger partial charge in [-0.05, 0) is 54.4 Å². The molecule has 1 heterocycles. The highest BCUT2D eigenvalue weighted by atomic mass is 32.1. The van der Waals surface area contributed by atoms with E-state index in [2.05, 4.69) is 30.8 Å². The summed E-state index contributed by atoms with van der Waals surface area (Å²) in [5.41, 5.74) is 1.68. The third-order valence-electron chi connectivity index (χ3n) is 6.54. The van der Waals surface area contributed by atoms with Crippen molar-refractivity contribution in [1.29, 1.82) is 0 Å². The van der Waals surface area contributed by atoms with Crippen molar-refractivity contribution in [3.8, 4) is 11.5 Å². The standard InChI is InChI=1S/C24H29F2NO5S/c1-6-24(2,3)14-8-9-15-18(12-14)33-21(19(15)22(29)31-5)27-20(28)13-7-10-16(32-23(25)26)17(11-13)30-4/h7,10-11,14,23H,6,8-9,12H2,1-5H3,(H,27,28)/t14-/m0/s1. The maximum atomic E-state index is 13.0. The molecule has 0 unspecified atom stereocenters. The molecule has 0 saturated heterocycles. The number of nitrogens with one attached hydrogen (secondary N) is 1. The average molecular weight is 482 g/mol. The molecule has 1 aromatic carbocycles. The Labute approximate surface area is 196 Å². The van der Waals surface area contributed by atoms with Crippen molar-refractivity contribution in [2.75, 3.05) is 19.5 Å². The fraction of sp³-hybridized carbons (Fsp3) is 0.500. The van der Waals surface area contributed by atoms with E-state index < -0.39 is 18.5 Å². The molecule has 1 N–H and O–H groups in total. The van der Waals surface area contributed by atoms with Gasteiger partial charge in [-0.1, -0.05) is 27.2 Å². The Morgan fingerprint density at radius 2 is 1.97 bits per heavy atom. The van der Waals surface area contributed by atoms with Gasteiger partial charge < -0.3 is 19.5 Å². The Hall–Kier alpha value is -2.68. The van der Waals surface area contributed by atoms with Gasteiger partial charge in [-0.2, -0.15) is 8.78 Å². The van der Waals surface area contributed by atoms with Crippen LogP contribution in [0.2, 0.25) is 0 Å². The molecule has 0 aliphatic heterocycles. The molecule has 180 valence electrons. The van der Waals surface area contributed by atoms with Crippen LogP contribution in [0.15, 0.2) is 18.2 Å². The second kappa shape index (κ2) is 10.1. The number of rotatable bonds is 8. The van der Waals surface area contributed by atoms with Crippen LogP contribution in [0.25, 0.3) is 0 Å². The highest BCUT2D eigenvalue weighted by Gasteiger charge is 2.35. The number of thiophene rings is 1. The Bertz CT molecular complexity index is 1030. The molecule has 0 saturated carbocycles. The molecular weight excluding hydrogens is 452 g/mol. The largest absolute Gasteiger partial charge is 0.493 e. The molecule has 0 bridgehead atoms. The van der Waals surface area contributed by atoms with Crippen molar-refractivity contribution in [3.05, 3.63) is 39.8 Å². The number of benzene rings is 1. The van der Waals surface area contributed by atoms with Crippen LogP contribution in [0.5, 0.6) is 11.5 Å². The topological polar surface area (TPSA) is 73.9 Å². The van der Waals surface area contributed by atoms with Crippen molar-refractivity contribution in [2.24, 2.45) is 11.3 Å². The van der Waals surface area contributed by atoms with Gasteiger partial charge in [-0.3, -0.25) is 4.79 Å². The number of anilines is 1. The van der Waals surface area contributed by atoms with Crippen LogP contribution in [0, 0.1) is 11.3 Å². The SMILES string of the molecule is CCC(C)(C)[C@H]1CCc2c(sc(NC(=O)c3ccc(OC(F)F)c(OC)c3)c2C(=O)OC)C1. The van der Waals surface area contributed by atoms with E-state index >= 15 is 0 Å². The first-order valence-electron chi connectivity index (χ1n) is 10.8. The molecule has 0 spiro atoms. The predicted molar refractivity (Wildman–Crippen MR) is 123 cm³/mol. The van der Waals surface area contributed by atoms with Gasteiger partial charge in [0.25, 0.3) is 5.91 Å². The minimum Gasteiger partial charge on any atom is -0.493 e. The molecule has 1 atom stereocenters. The zero-order valence-electron chi connectivity index (χ0n) is 19.4. The molecule has 0 radical (unpaired) electrons. The number of carbonyl (C=O) groups is 2. The summed E-state index contributed by atoms with van der Waals surface area (Å²) in [6.07, 6.45) is 3.60. The minimum absolute atomic E-state index is 0.00579. The van der Waals surface area contributed by atoms with E-state index in [4.69, 9.17) is 9.47 Å². The third kappa shape index (κ3) is 5.29. The van der Waals surface area contributed by atoms with E-state index in [1.165, 1.54) is 43.8 Å². The number of hydrogen-bond acceptors (Lipinski definition) is 6. The lowest BCUT2D eigenvalue weighted by atomic mass is 9.69. The molecule has 0 fully saturated rings. The van der Waals surface area contributed by atoms with E-state index in [9.17, 15) is 18.4 Å². The summed E-state index contributed by atoms with van der Waals surface area (Å²) in [6, 6.07) is 3.93. The molecular formula is C24H29F2NO5S. The lowest BCUT2D eigenvalue weighted by Gasteiger charge is -2.36. The minimum atomic E-state index is -3.01. The van der Waals surface area contributed by atoms with Gasteiger partial charge in [-0.15, -0.1) is 11.3 Å². The highest BCUT2D eigenvalue weighted by Crippen LogP contribution is 2.45. The van der Waals surface area contributed by atoms with Crippen LogP contribution < -0.4 is 14.8 Å². The molecule has 9 heteroatoms. The number of amides is 1. The predicted octanol–water partition coefficient (Wildman–Crippen LogP) is 5.94. The highest BCUT2D eigenvalue weighted by molar-refractivity contribution is 7.17. The first kappa shape index (κ1) is 25.0. The van der Waals surface area contributed by atoms with Crippen LogP contribution in [-0.2, 0) is 17.6 Å². The third-order valence-corrected chi connectivity index (χ3v) is 7.71. The lowest BCUT2D eigenvalue weighted by molar-refractivity contribution is -0.0512. The summed E-state index contributed by atoms with van der Waals surface area (Å²) in [5, 5.41) is 3.24. The van der Waals surface area contributed by atoms with Gasteiger partial charge >= 0.3 is 12.6 Å². The number of alkyl halides is 2. The quantitative estimate of drug-likeness (QED) is 0.473. The first-order chi connectivity index (χ1) is 15.6. The zero-order chi connectivity index (χ0) is 24.3. The van der Waals surface area contributed by atoms with Gasteiger partial charge in [0.15, 0.2) is 11.5 Å². The van der Waals surface area contributed by atoms with Crippen LogP contribution >= 0.6 is 11.3 Å². The second-order valence-electron chi connectivity index (χ2n) is 8.68. The summed E-state index contributed by atoms with van der Waals surface area (Å²) in [7, 11) is 2.61. The molecule has 2 aromatic rings. The fourth-order valence-electron chi connectivity index (χ4n) is 4.13. The molecule has 1 aliphatic rings. The number of methoxy groups -OCH3 is 2. The van der Waals surface area contributed by atoms with E-state index in [0.29, 0.717) is 16.5 Å². The maximum absolute atomic E-state index is 13.0. The van der Waals surface area contributed by atoms with Crippen LogP contribution in [0.3, 0.4) is 0 Å². The van der Waals surface area contributed by atoms with E-state index in [1.807, 2.05) is 0 Å². The van der Waals surface area contributed by atoms with Crippen molar-refractivity contribution >= 4 is 28.2 Å². The summed E-state index contributed by atoms with van der Waals surface area (Å²) in [6.45, 7) is 3.69. The van der Waals surface area contributed by atoms with Crippen LogP contribution in [0.1, 0.15) is 64.8 Å². The first-order valence-corrected chi connectivity index (χ1v) is 11.6. The second-order valence-corrected chi connectivity index (χ2v) is 9.78. The smallest absolute Gasteiger partial charge is 0.387 e. The van der Waals surface area contributed by atoms with E-state index in [1.54, 1.807) is 0 Å². The van der Waals surface area contributed by atoms with Crippen molar-refractivity contribution in [3.63, 3.8) is 0 Å². The molecule has 1 aliphatic carbocycles. The molecule has 6 nitrogen and oxygen atoms in total. The van der Waals surface area contributed by atoms with Crippen molar-refractivity contribution in [2.45, 2.75) is 53.1 Å². The van der Waals surface area contributed by atoms with Crippen LogP contribution in [0.4, 0.5) is 13.8 Å². The Morgan fingerprint density at radius 3 is 2.58 bits per heavy atom. The summed E-state index contributed by atoms with van der Waals surface area (Å²) in [4.78, 5) is 26.6. The number of esters is 1. The van der Waals surface area contributed by atoms with Gasteiger partial charge in [0, 0.05) is 10.4 Å². The average Bonchev–Trinajstić information content (AvgIpc) is 3.15. The molecule has 1 amide bonds. The van der Waals surface area contributed by atoms with Crippen molar-refractivity contribution < 1.29 is 32.6 Å². The van der Waals surface area contributed by atoms with Crippen LogP contribution in [-0.4, -0.2) is 32.7 Å². The molecule has 1 aromatic heterocycles. The summed E-state index contributed by atoms with van der Waals surface area (Å²) < 4.78 is 39.6.